The molecule has 2 unspecified atom stereocenters. The molecule has 0 N–H and O–H groups in total. The molecule has 0 aliphatic heterocycles. The minimum atomic E-state index is -0.524. The largest absolute Gasteiger partial charge is 0.499 e. The maximum absolute atomic E-state index is 6.14. The monoisotopic (exact) mass is 706 g/mol. The molecule has 1 aliphatic rings. The highest BCUT2D eigenvalue weighted by Crippen LogP contribution is 2.56. The first-order valence-corrected chi connectivity index (χ1v) is 18.2. The van der Waals surface area contributed by atoms with Crippen LogP contribution in [0.25, 0.3) is 32.7 Å². The summed E-state index contributed by atoms with van der Waals surface area (Å²) < 4.78 is 34.2. The van der Waals surface area contributed by atoms with Crippen molar-refractivity contribution in [3.63, 3.8) is 0 Å². The third kappa shape index (κ3) is 7.52. The molecular formula is C47H46O6. The lowest BCUT2D eigenvalue weighted by Gasteiger charge is -2.34. The number of hydrogen-bond donors (Lipinski definition) is 0. The summed E-state index contributed by atoms with van der Waals surface area (Å²) in [7, 11) is 0. The summed E-state index contributed by atoms with van der Waals surface area (Å²) in [6, 6.07) is 44.0. The van der Waals surface area contributed by atoms with Gasteiger partial charge in [-0.3, -0.25) is 0 Å². The van der Waals surface area contributed by atoms with Gasteiger partial charge in [-0.15, -0.1) is 0 Å². The van der Waals surface area contributed by atoms with Crippen molar-refractivity contribution in [2.24, 2.45) is 0 Å². The van der Waals surface area contributed by atoms with Crippen LogP contribution in [0, 0.1) is 0 Å². The maximum Gasteiger partial charge on any atom is 0.120 e. The van der Waals surface area contributed by atoms with Crippen molar-refractivity contribution >= 4 is 21.5 Å². The van der Waals surface area contributed by atoms with Crippen LogP contribution in [0.4, 0.5) is 0 Å². The van der Waals surface area contributed by atoms with Gasteiger partial charge in [-0.1, -0.05) is 98.1 Å². The van der Waals surface area contributed by atoms with E-state index in [-0.39, 0.29) is 12.2 Å². The van der Waals surface area contributed by atoms with Crippen molar-refractivity contribution in [3.8, 4) is 22.6 Å². The Labute approximate surface area is 312 Å². The molecule has 53 heavy (non-hydrogen) atoms. The van der Waals surface area contributed by atoms with E-state index in [1.54, 1.807) is 0 Å². The molecule has 0 spiro atoms. The summed E-state index contributed by atoms with van der Waals surface area (Å²) in [5.41, 5.74) is 6.98. The zero-order valence-electron chi connectivity index (χ0n) is 30.5. The summed E-state index contributed by atoms with van der Waals surface area (Å²) in [5, 5.41) is 4.53. The minimum Gasteiger partial charge on any atom is -0.499 e. The Kier molecular flexibility index (Phi) is 11.1. The smallest absolute Gasteiger partial charge is 0.120 e. The van der Waals surface area contributed by atoms with Gasteiger partial charge in [0.15, 0.2) is 0 Å². The van der Waals surface area contributed by atoms with Crippen molar-refractivity contribution in [2.75, 3.05) is 39.6 Å². The lowest BCUT2D eigenvalue weighted by Crippen LogP contribution is -2.28. The van der Waals surface area contributed by atoms with E-state index in [2.05, 4.69) is 122 Å². The molecule has 0 bridgehead atoms. The first-order chi connectivity index (χ1) is 26.0. The summed E-state index contributed by atoms with van der Waals surface area (Å²) in [5.74, 6) is 1.62. The number of benzene rings is 6. The van der Waals surface area contributed by atoms with Gasteiger partial charge in [-0.05, 0) is 105 Å². The molecule has 6 aromatic carbocycles. The van der Waals surface area contributed by atoms with Crippen LogP contribution in [0.1, 0.15) is 36.1 Å². The fourth-order valence-electron chi connectivity index (χ4n) is 7.40. The molecule has 7 rings (SSSR count). The molecule has 2 atom stereocenters. The van der Waals surface area contributed by atoms with Gasteiger partial charge in [-0.2, -0.15) is 0 Å². The maximum atomic E-state index is 6.14. The molecule has 0 amide bonds. The van der Waals surface area contributed by atoms with Crippen LogP contribution in [0.2, 0.25) is 0 Å². The van der Waals surface area contributed by atoms with Crippen molar-refractivity contribution in [2.45, 2.75) is 31.5 Å². The van der Waals surface area contributed by atoms with E-state index in [4.69, 9.17) is 28.4 Å². The molecule has 0 heterocycles. The van der Waals surface area contributed by atoms with Crippen molar-refractivity contribution in [3.05, 3.63) is 169 Å². The molecule has 0 aromatic heterocycles. The number of rotatable bonds is 18. The van der Waals surface area contributed by atoms with E-state index in [0.29, 0.717) is 39.6 Å². The summed E-state index contributed by atoms with van der Waals surface area (Å²) in [6.45, 7) is 13.9. The van der Waals surface area contributed by atoms with E-state index < -0.39 is 5.41 Å². The van der Waals surface area contributed by atoms with Crippen LogP contribution in [0.15, 0.2) is 147 Å². The van der Waals surface area contributed by atoms with Gasteiger partial charge in [0.25, 0.3) is 0 Å². The predicted molar refractivity (Wildman–Crippen MR) is 213 cm³/mol. The van der Waals surface area contributed by atoms with E-state index in [1.165, 1.54) is 45.9 Å². The average molecular weight is 707 g/mol. The normalized spacial score (nSPS) is 13.8. The zero-order valence-corrected chi connectivity index (χ0v) is 30.5. The Balaban J connectivity index is 1.21. The SMILES string of the molecule is C=COCCOC(C)COc1ccc2cc(C3(c4ccc5cc(OCC(C)OCCOC=C)ccc5c4)c4ccccc4-c4ccccc43)ccc2c1. The fraction of sp³-hybridized carbons (Fsp3) is 0.234. The first-order valence-electron chi connectivity index (χ1n) is 18.2. The Morgan fingerprint density at radius 1 is 0.509 bits per heavy atom. The van der Waals surface area contributed by atoms with Gasteiger partial charge in [0, 0.05) is 0 Å². The van der Waals surface area contributed by atoms with Crippen LogP contribution < -0.4 is 9.47 Å². The Hall–Kier alpha value is -5.56. The Morgan fingerprint density at radius 2 is 0.925 bits per heavy atom. The topological polar surface area (TPSA) is 55.4 Å². The molecule has 0 saturated heterocycles. The van der Waals surface area contributed by atoms with E-state index in [0.717, 1.165) is 33.0 Å². The van der Waals surface area contributed by atoms with Crippen LogP contribution in [-0.4, -0.2) is 51.8 Å². The van der Waals surface area contributed by atoms with Crippen LogP contribution in [0.5, 0.6) is 11.5 Å². The molecule has 0 fully saturated rings. The second-order valence-corrected chi connectivity index (χ2v) is 13.3. The highest BCUT2D eigenvalue weighted by molar-refractivity contribution is 5.92. The summed E-state index contributed by atoms with van der Waals surface area (Å²) in [4.78, 5) is 0. The van der Waals surface area contributed by atoms with Crippen LogP contribution in [-0.2, 0) is 24.4 Å². The van der Waals surface area contributed by atoms with E-state index >= 15 is 0 Å². The summed E-state index contributed by atoms with van der Waals surface area (Å²) >= 11 is 0. The molecule has 1 aliphatic carbocycles. The Morgan fingerprint density at radius 3 is 1.38 bits per heavy atom. The highest BCUT2D eigenvalue weighted by Gasteiger charge is 2.46. The zero-order chi connectivity index (χ0) is 36.6. The number of hydrogen-bond acceptors (Lipinski definition) is 6. The molecule has 6 heteroatoms. The molecular weight excluding hydrogens is 661 g/mol. The van der Waals surface area contributed by atoms with Crippen LogP contribution in [0.3, 0.4) is 0 Å². The molecule has 6 aromatic rings. The molecule has 270 valence electrons. The number of ether oxygens (including phenoxy) is 6. The third-order valence-corrected chi connectivity index (χ3v) is 9.85. The Bertz CT molecular complexity index is 2050. The van der Waals surface area contributed by atoms with Gasteiger partial charge >= 0.3 is 0 Å². The number of fused-ring (bicyclic) bond motifs is 5. The molecule has 6 nitrogen and oxygen atoms in total. The lowest BCUT2D eigenvalue weighted by molar-refractivity contribution is 0.0106. The van der Waals surface area contributed by atoms with Crippen molar-refractivity contribution in [1.82, 2.24) is 0 Å². The van der Waals surface area contributed by atoms with Gasteiger partial charge in [0.2, 0.25) is 0 Å². The second kappa shape index (κ2) is 16.4. The standard InChI is InChI=1S/C47H46O6/c1-5-48-23-25-50-33(3)31-52-41-21-17-35-27-39(19-15-37(35)29-41)47(45-13-9-7-11-43(45)44-12-8-10-14-46(44)47)40-20-16-38-30-42(22-18-36(38)28-40)53-32-34(4)51-26-24-49-6-2/h5-22,27-30,33-34H,1-2,23-26,31-32H2,3-4H3. The molecule has 0 saturated carbocycles. The third-order valence-electron chi connectivity index (χ3n) is 9.85. The van der Waals surface area contributed by atoms with E-state index in [1.807, 2.05) is 26.0 Å². The van der Waals surface area contributed by atoms with Crippen molar-refractivity contribution < 1.29 is 28.4 Å². The van der Waals surface area contributed by atoms with Gasteiger partial charge in [0.1, 0.15) is 37.9 Å². The molecule has 0 radical (unpaired) electrons. The minimum absolute atomic E-state index is 0.0680. The van der Waals surface area contributed by atoms with Gasteiger partial charge < -0.3 is 28.4 Å². The second-order valence-electron chi connectivity index (χ2n) is 13.3. The van der Waals surface area contributed by atoms with Crippen molar-refractivity contribution in [1.29, 1.82) is 0 Å². The van der Waals surface area contributed by atoms with Gasteiger partial charge in [-0.25, -0.2) is 0 Å². The predicted octanol–water partition coefficient (Wildman–Crippen LogP) is 10.2. The lowest BCUT2D eigenvalue weighted by atomic mass is 9.67. The highest BCUT2D eigenvalue weighted by atomic mass is 16.6. The quantitative estimate of drug-likeness (QED) is 0.0654. The fourth-order valence-corrected chi connectivity index (χ4v) is 7.40. The first kappa shape index (κ1) is 35.8. The average Bonchev–Trinajstić information content (AvgIpc) is 3.50. The van der Waals surface area contributed by atoms with Gasteiger partial charge in [0.05, 0.1) is 43.4 Å². The van der Waals surface area contributed by atoms with Crippen LogP contribution >= 0.6 is 0 Å². The summed E-state index contributed by atoms with van der Waals surface area (Å²) in [6.07, 6.45) is 2.71. The van der Waals surface area contributed by atoms with E-state index in [9.17, 15) is 0 Å².